The first-order chi connectivity index (χ1) is 13.2. The Balaban J connectivity index is 1.43. The van der Waals surface area contributed by atoms with Gasteiger partial charge < -0.3 is 9.88 Å². The number of piperidine rings is 1. The zero-order valence-corrected chi connectivity index (χ0v) is 15.3. The highest BCUT2D eigenvalue weighted by molar-refractivity contribution is 5.94. The number of aromatic amines is 1. The minimum atomic E-state index is 0.0580. The molecule has 1 unspecified atom stereocenters. The smallest absolute Gasteiger partial charge is 0.255 e. The van der Waals surface area contributed by atoms with Crippen LogP contribution in [0.4, 0.5) is 0 Å². The number of pyridine rings is 1. The summed E-state index contributed by atoms with van der Waals surface area (Å²) >= 11 is 0. The zero-order chi connectivity index (χ0) is 18.6. The molecule has 1 fully saturated rings. The number of nitrogens with one attached hydrogen (secondary N) is 1. The molecular weight excluding hydrogens is 340 g/mol. The van der Waals surface area contributed by atoms with Crippen LogP contribution >= 0.6 is 0 Å². The summed E-state index contributed by atoms with van der Waals surface area (Å²) in [6.45, 7) is 3.45. The third-order valence-electron chi connectivity index (χ3n) is 4.89. The Morgan fingerprint density at radius 3 is 2.96 bits per heavy atom. The van der Waals surface area contributed by atoms with Gasteiger partial charge in [-0.15, -0.1) is 0 Å². The van der Waals surface area contributed by atoms with Crippen LogP contribution in [0.25, 0.3) is 11.5 Å². The SMILES string of the molecule is Cc1ccc(C(=O)N2CCCC(Cc3cncc(-c4ncc[nH]4)n3)C2)cn1. The molecule has 1 N–H and O–H groups in total. The molecule has 1 aliphatic rings. The Hall–Kier alpha value is -3.09. The molecule has 0 radical (unpaired) electrons. The van der Waals surface area contributed by atoms with Crippen LogP contribution in [-0.4, -0.2) is 48.8 Å². The van der Waals surface area contributed by atoms with Gasteiger partial charge in [-0.3, -0.25) is 14.8 Å². The van der Waals surface area contributed by atoms with Crippen molar-refractivity contribution >= 4 is 5.91 Å². The molecule has 7 heteroatoms. The summed E-state index contributed by atoms with van der Waals surface area (Å²) < 4.78 is 0. The molecular formula is C20H22N6O. The van der Waals surface area contributed by atoms with E-state index in [-0.39, 0.29) is 5.91 Å². The summed E-state index contributed by atoms with van der Waals surface area (Å²) in [7, 11) is 0. The molecule has 3 aromatic rings. The lowest BCUT2D eigenvalue weighted by Gasteiger charge is -2.32. The van der Waals surface area contributed by atoms with Crippen LogP contribution in [0, 0.1) is 12.8 Å². The lowest BCUT2D eigenvalue weighted by molar-refractivity contribution is 0.0672. The molecule has 0 aromatic carbocycles. The first-order valence-electron chi connectivity index (χ1n) is 9.21. The van der Waals surface area contributed by atoms with Gasteiger partial charge in [0.1, 0.15) is 5.69 Å². The standard InChI is InChI=1S/C20H22N6O/c1-14-4-5-16(10-24-14)20(27)26-8-2-3-15(13-26)9-17-11-21-12-18(25-17)19-22-6-7-23-19/h4-7,10-12,15H,2-3,8-9,13H2,1H3,(H,22,23). The number of rotatable bonds is 4. The normalized spacial score (nSPS) is 17.1. The minimum Gasteiger partial charge on any atom is -0.343 e. The second-order valence-electron chi connectivity index (χ2n) is 6.99. The maximum Gasteiger partial charge on any atom is 0.255 e. The van der Waals surface area contributed by atoms with E-state index in [1.165, 1.54) is 0 Å². The second-order valence-corrected chi connectivity index (χ2v) is 6.99. The fraction of sp³-hybridized carbons (Fsp3) is 0.350. The third kappa shape index (κ3) is 4.02. The van der Waals surface area contributed by atoms with Crippen LogP contribution in [0.5, 0.6) is 0 Å². The Morgan fingerprint density at radius 1 is 1.26 bits per heavy atom. The molecule has 0 saturated carbocycles. The number of aromatic nitrogens is 5. The van der Waals surface area contributed by atoms with E-state index in [4.69, 9.17) is 0 Å². The number of imidazole rings is 1. The van der Waals surface area contributed by atoms with Crippen molar-refractivity contribution < 1.29 is 4.79 Å². The molecule has 1 atom stereocenters. The molecule has 27 heavy (non-hydrogen) atoms. The fourth-order valence-corrected chi connectivity index (χ4v) is 3.51. The predicted octanol–water partition coefficient (Wildman–Crippen LogP) is 2.67. The molecule has 7 nitrogen and oxygen atoms in total. The average molecular weight is 362 g/mol. The highest BCUT2D eigenvalue weighted by Crippen LogP contribution is 2.22. The quantitative estimate of drug-likeness (QED) is 0.771. The molecule has 0 bridgehead atoms. The van der Waals surface area contributed by atoms with Crippen LogP contribution in [0.15, 0.2) is 43.1 Å². The van der Waals surface area contributed by atoms with Crippen LogP contribution in [0.3, 0.4) is 0 Å². The van der Waals surface area contributed by atoms with Gasteiger partial charge in [0.15, 0.2) is 5.82 Å². The monoisotopic (exact) mass is 362 g/mol. The molecule has 3 aromatic heterocycles. The van der Waals surface area contributed by atoms with Crippen molar-refractivity contribution in [2.75, 3.05) is 13.1 Å². The maximum absolute atomic E-state index is 12.8. The Morgan fingerprint density at radius 2 is 2.19 bits per heavy atom. The molecule has 4 heterocycles. The van der Waals surface area contributed by atoms with Gasteiger partial charge in [0.2, 0.25) is 0 Å². The van der Waals surface area contributed by atoms with Crippen molar-refractivity contribution in [1.82, 2.24) is 29.8 Å². The van der Waals surface area contributed by atoms with E-state index >= 15 is 0 Å². The van der Waals surface area contributed by atoms with E-state index in [2.05, 4.69) is 24.9 Å². The van der Waals surface area contributed by atoms with Gasteiger partial charge in [0, 0.05) is 43.6 Å². The number of H-pyrrole nitrogens is 1. The van der Waals surface area contributed by atoms with Gasteiger partial charge in [-0.2, -0.15) is 0 Å². The van der Waals surface area contributed by atoms with Gasteiger partial charge in [-0.05, 0) is 44.2 Å². The van der Waals surface area contributed by atoms with Gasteiger partial charge in [0.25, 0.3) is 5.91 Å². The molecule has 1 amide bonds. The number of carbonyl (C=O) groups excluding carboxylic acids is 1. The van der Waals surface area contributed by atoms with Crippen LogP contribution < -0.4 is 0 Å². The van der Waals surface area contributed by atoms with E-state index in [1.54, 1.807) is 31.0 Å². The van der Waals surface area contributed by atoms with Gasteiger partial charge in [-0.25, -0.2) is 9.97 Å². The van der Waals surface area contributed by atoms with E-state index in [9.17, 15) is 4.79 Å². The topological polar surface area (TPSA) is 87.7 Å². The van der Waals surface area contributed by atoms with Gasteiger partial charge in [-0.1, -0.05) is 0 Å². The van der Waals surface area contributed by atoms with Crippen molar-refractivity contribution in [3.63, 3.8) is 0 Å². The van der Waals surface area contributed by atoms with E-state index in [0.29, 0.717) is 11.5 Å². The lowest BCUT2D eigenvalue weighted by Crippen LogP contribution is -2.40. The van der Waals surface area contributed by atoms with Crippen molar-refractivity contribution in [1.29, 1.82) is 0 Å². The number of amides is 1. The van der Waals surface area contributed by atoms with Crippen molar-refractivity contribution in [2.24, 2.45) is 5.92 Å². The van der Waals surface area contributed by atoms with E-state index < -0.39 is 0 Å². The van der Waals surface area contributed by atoms with Crippen molar-refractivity contribution in [3.8, 4) is 11.5 Å². The van der Waals surface area contributed by atoms with Crippen molar-refractivity contribution in [2.45, 2.75) is 26.2 Å². The van der Waals surface area contributed by atoms with Crippen LogP contribution in [0.1, 0.15) is 34.6 Å². The lowest BCUT2D eigenvalue weighted by atomic mass is 9.93. The number of hydrogen-bond acceptors (Lipinski definition) is 5. The molecule has 138 valence electrons. The second kappa shape index (κ2) is 7.65. The average Bonchev–Trinajstić information content (AvgIpc) is 3.23. The van der Waals surface area contributed by atoms with E-state index in [1.807, 2.05) is 24.0 Å². The summed E-state index contributed by atoms with van der Waals surface area (Å²) in [5.74, 6) is 1.15. The summed E-state index contributed by atoms with van der Waals surface area (Å²) in [5, 5.41) is 0. The number of likely N-dealkylation sites (tertiary alicyclic amines) is 1. The predicted molar refractivity (Wildman–Crippen MR) is 101 cm³/mol. The molecule has 4 rings (SSSR count). The highest BCUT2D eigenvalue weighted by atomic mass is 16.2. The highest BCUT2D eigenvalue weighted by Gasteiger charge is 2.25. The zero-order valence-electron chi connectivity index (χ0n) is 15.3. The number of nitrogens with zero attached hydrogens (tertiary/aromatic N) is 5. The van der Waals surface area contributed by atoms with Crippen LogP contribution in [0.2, 0.25) is 0 Å². The Labute approximate surface area is 157 Å². The Bertz CT molecular complexity index is 906. The Kier molecular flexibility index (Phi) is 4.91. The molecule has 1 saturated heterocycles. The first-order valence-corrected chi connectivity index (χ1v) is 9.21. The van der Waals surface area contributed by atoms with Crippen molar-refractivity contribution in [3.05, 3.63) is 60.1 Å². The molecule has 0 aliphatic carbocycles. The van der Waals surface area contributed by atoms with Crippen LogP contribution in [-0.2, 0) is 6.42 Å². The summed E-state index contributed by atoms with van der Waals surface area (Å²) in [6, 6.07) is 3.73. The van der Waals surface area contributed by atoms with E-state index in [0.717, 1.165) is 55.3 Å². The summed E-state index contributed by atoms with van der Waals surface area (Å²) in [4.78, 5) is 35.2. The number of aryl methyl sites for hydroxylation is 1. The minimum absolute atomic E-state index is 0.0580. The van der Waals surface area contributed by atoms with Gasteiger partial charge >= 0.3 is 0 Å². The number of carbonyl (C=O) groups is 1. The molecule has 1 aliphatic heterocycles. The summed E-state index contributed by atoms with van der Waals surface area (Å²) in [6.07, 6.45) is 11.5. The van der Waals surface area contributed by atoms with Gasteiger partial charge in [0.05, 0.1) is 17.5 Å². The summed E-state index contributed by atoms with van der Waals surface area (Å²) in [5.41, 5.74) is 3.24. The maximum atomic E-state index is 12.8. The number of hydrogen-bond donors (Lipinski definition) is 1. The first kappa shape index (κ1) is 17.3. The fourth-order valence-electron chi connectivity index (χ4n) is 3.51. The largest absolute Gasteiger partial charge is 0.343 e. The molecule has 0 spiro atoms. The third-order valence-corrected chi connectivity index (χ3v) is 4.89.